The smallest absolute Gasteiger partial charge is 0.330 e. The molecule has 1 aliphatic heterocycles. The molecule has 0 N–H and O–H groups in total. The van der Waals surface area contributed by atoms with Gasteiger partial charge in [0.25, 0.3) is 11.7 Å². The van der Waals surface area contributed by atoms with Crippen LogP contribution in [0, 0.1) is 12.7 Å². The zero-order chi connectivity index (χ0) is 15.6. The Kier molecular flexibility index (Phi) is 4.16. The van der Waals surface area contributed by atoms with Gasteiger partial charge < -0.3 is 4.74 Å². The molecule has 6 heteroatoms. The summed E-state index contributed by atoms with van der Waals surface area (Å²) < 4.78 is 18.7. The number of nitrogens with zero attached hydrogens (tertiary/aromatic N) is 1. The first kappa shape index (κ1) is 14.9. The molecule has 2 rings (SSSR count). The first-order valence-corrected chi connectivity index (χ1v) is 6.45. The van der Waals surface area contributed by atoms with Gasteiger partial charge in [0.1, 0.15) is 5.82 Å². The Balaban J connectivity index is 2.25. The number of halogens is 1. The molecule has 0 saturated heterocycles. The van der Waals surface area contributed by atoms with Crippen molar-refractivity contribution in [2.75, 3.05) is 18.1 Å². The summed E-state index contributed by atoms with van der Waals surface area (Å²) in [5, 5.41) is 0. The molecular weight excluding hydrogens is 277 g/mol. The number of carbonyl (C=O) groups excluding carboxylic acids is 3. The topological polar surface area (TPSA) is 63.7 Å². The summed E-state index contributed by atoms with van der Waals surface area (Å²) in [4.78, 5) is 35.9. The van der Waals surface area contributed by atoms with Crippen LogP contribution in [0.5, 0.6) is 0 Å². The van der Waals surface area contributed by atoms with Crippen LogP contribution in [0.1, 0.15) is 22.8 Å². The van der Waals surface area contributed by atoms with E-state index in [0.29, 0.717) is 5.56 Å². The molecule has 0 spiro atoms. The Bertz CT molecular complexity index is 651. The standard InChI is InChI=1S/C15H14FNO4/c1-3-21-12(18)5-4-6-17-13-10(14(19)15(17)20)7-9(2)8-11(13)16/h4-5,7-8H,3,6H2,1-2H3/b5-4+. The third kappa shape index (κ3) is 2.84. The van der Waals surface area contributed by atoms with Gasteiger partial charge in [0.05, 0.1) is 17.9 Å². The second-order valence-corrected chi connectivity index (χ2v) is 4.54. The number of benzene rings is 1. The average molecular weight is 291 g/mol. The van der Waals surface area contributed by atoms with Crippen molar-refractivity contribution < 1.29 is 23.5 Å². The molecule has 1 heterocycles. The molecule has 1 aliphatic rings. The van der Waals surface area contributed by atoms with E-state index in [1.807, 2.05) is 0 Å². The van der Waals surface area contributed by atoms with Crippen molar-refractivity contribution in [2.45, 2.75) is 13.8 Å². The van der Waals surface area contributed by atoms with Gasteiger partial charge in [-0.15, -0.1) is 0 Å². The molecule has 110 valence electrons. The highest BCUT2D eigenvalue weighted by Gasteiger charge is 2.37. The number of fused-ring (bicyclic) bond motifs is 1. The molecule has 1 amide bonds. The van der Waals surface area contributed by atoms with Crippen LogP contribution in [0.3, 0.4) is 0 Å². The van der Waals surface area contributed by atoms with Crippen LogP contribution >= 0.6 is 0 Å². The first-order valence-electron chi connectivity index (χ1n) is 6.45. The van der Waals surface area contributed by atoms with E-state index < -0.39 is 23.5 Å². The van der Waals surface area contributed by atoms with Crippen molar-refractivity contribution in [1.29, 1.82) is 0 Å². The number of esters is 1. The summed E-state index contributed by atoms with van der Waals surface area (Å²) in [5.41, 5.74) is 0.586. The number of Topliss-reactive ketones (excluding diaryl/α,β-unsaturated/α-hetero) is 1. The van der Waals surface area contributed by atoms with Crippen molar-refractivity contribution in [3.63, 3.8) is 0 Å². The number of aryl methyl sites for hydroxylation is 1. The first-order chi connectivity index (χ1) is 9.95. The highest BCUT2D eigenvalue weighted by molar-refractivity contribution is 6.52. The van der Waals surface area contributed by atoms with Crippen LogP contribution in [0.2, 0.25) is 0 Å². The fourth-order valence-corrected chi connectivity index (χ4v) is 2.14. The van der Waals surface area contributed by atoms with Crippen molar-refractivity contribution in [2.24, 2.45) is 0 Å². The Labute approximate surface area is 121 Å². The van der Waals surface area contributed by atoms with Gasteiger partial charge in [0, 0.05) is 12.6 Å². The van der Waals surface area contributed by atoms with Gasteiger partial charge in [0.15, 0.2) is 0 Å². The molecular formula is C15H14FNO4. The summed E-state index contributed by atoms with van der Waals surface area (Å²) in [5.74, 6) is -2.73. The van der Waals surface area contributed by atoms with E-state index in [1.54, 1.807) is 13.8 Å². The molecule has 1 aromatic carbocycles. The van der Waals surface area contributed by atoms with Gasteiger partial charge in [-0.1, -0.05) is 6.08 Å². The summed E-state index contributed by atoms with van der Waals surface area (Å²) in [6, 6.07) is 2.74. The van der Waals surface area contributed by atoms with Gasteiger partial charge in [-0.2, -0.15) is 0 Å². The van der Waals surface area contributed by atoms with Crippen LogP contribution in [0.15, 0.2) is 24.3 Å². The number of ketones is 1. The molecule has 0 unspecified atom stereocenters. The lowest BCUT2D eigenvalue weighted by Gasteiger charge is -2.14. The van der Waals surface area contributed by atoms with Crippen molar-refractivity contribution >= 4 is 23.3 Å². The highest BCUT2D eigenvalue weighted by Crippen LogP contribution is 2.32. The van der Waals surface area contributed by atoms with Crippen molar-refractivity contribution in [3.8, 4) is 0 Å². The Morgan fingerprint density at radius 3 is 2.76 bits per heavy atom. The number of rotatable bonds is 4. The predicted octanol–water partition coefficient (Wildman–Crippen LogP) is 1.78. The lowest BCUT2D eigenvalue weighted by molar-refractivity contribution is -0.137. The normalized spacial score (nSPS) is 14.0. The largest absolute Gasteiger partial charge is 0.463 e. The van der Waals surface area contributed by atoms with E-state index in [0.717, 1.165) is 11.0 Å². The molecule has 0 atom stereocenters. The number of anilines is 1. The van der Waals surface area contributed by atoms with Crippen LogP contribution in [0.25, 0.3) is 0 Å². The average Bonchev–Trinajstić information content (AvgIpc) is 2.64. The minimum absolute atomic E-state index is 0.0379. The quantitative estimate of drug-likeness (QED) is 0.482. The maximum absolute atomic E-state index is 14.0. The van der Waals surface area contributed by atoms with E-state index in [2.05, 4.69) is 0 Å². The van der Waals surface area contributed by atoms with Crippen molar-refractivity contribution in [3.05, 3.63) is 41.2 Å². The van der Waals surface area contributed by atoms with E-state index in [9.17, 15) is 18.8 Å². The third-order valence-electron chi connectivity index (χ3n) is 2.99. The van der Waals surface area contributed by atoms with Crippen LogP contribution in [-0.4, -0.2) is 30.8 Å². The number of amides is 1. The molecule has 0 aliphatic carbocycles. The molecule has 0 saturated carbocycles. The maximum atomic E-state index is 14.0. The molecule has 5 nitrogen and oxygen atoms in total. The summed E-state index contributed by atoms with van der Waals surface area (Å²) in [6.45, 7) is 3.48. The zero-order valence-corrected chi connectivity index (χ0v) is 11.7. The van der Waals surface area contributed by atoms with Crippen molar-refractivity contribution in [1.82, 2.24) is 0 Å². The minimum Gasteiger partial charge on any atom is -0.463 e. The SMILES string of the molecule is CCOC(=O)/C=C/CN1C(=O)C(=O)c2cc(C)cc(F)c21. The fraction of sp³-hybridized carbons (Fsp3) is 0.267. The van der Waals surface area contributed by atoms with E-state index in [-0.39, 0.29) is 24.4 Å². The number of carbonyl (C=O) groups is 3. The monoisotopic (exact) mass is 291 g/mol. The third-order valence-corrected chi connectivity index (χ3v) is 2.99. The lowest BCUT2D eigenvalue weighted by atomic mass is 10.1. The van der Waals surface area contributed by atoms with Crippen LogP contribution in [0.4, 0.5) is 10.1 Å². The summed E-state index contributed by atoms with van der Waals surface area (Å²) in [7, 11) is 0. The highest BCUT2D eigenvalue weighted by atomic mass is 19.1. The van der Waals surface area contributed by atoms with E-state index in [4.69, 9.17) is 4.74 Å². The van der Waals surface area contributed by atoms with Gasteiger partial charge in [-0.05, 0) is 31.5 Å². The Morgan fingerprint density at radius 2 is 2.10 bits per heavy atom. The second-order valence-electron chi connectivity index (χ2n) is 4.54. The fourth-order valence-electron chi connectivity index (χ4n) is 2.14. The number of ether oxygens (including phenoxy) is 1. The predicted molar refractivity (Wildman–Crippen MR) is 73.6 cm³/mol. The van der Waals surface area contributed by atoms with Crippen LogP contribution < -0.4 is 4.90 Å². The summed E-state index contributed by atoms with van der Waals surface area (Å²) in [6.07, 6.45) is 2.50. The molecule has 1 aromatic rings. The second kappa shape index (κ2) is 5.87. The molecule has 0 radical (unpaired) electrons. The molecule has 0 fully saturated rings. The molecule has 0 aromatic heterocycles. The lowest BCUT2D eigenvalue weighted by Crippen LogP contribution is -2.30. The number of hydrogen-bond acceptors (Lipinski definition) is 4. The van der Waals surface area contributed by atoms with Gasteiger partial charge in [-0.3, -0.25) is 14.5 Å². The maximum Gasteiger partial charge on any atom is 0.330 e. The molecule has 0 bridgehead atoms. The van der Waals surface area contributed by atoms with E-state index in [1.165, 1.54) is 18.2 Å². The van der Waals surface area contributed by atoms with Gasteiger partial charge in [-0.25, -0.2) is 9.18 Å². The number of hydrogen-bond donors (Lipinski definition) is 0. The Morgan fingerprint density at radius 1 is 1.38 bits per heavy atom. The van der Waals surface area contributed by atoms with Gasteiger partial charge >= 0.3 is 5.97 Å². The van der Waals surface area contributed by atoms with Gasteiger partial charge in [0.2, 0.25) is 0 Å². The van der Waals surface area contributed by atoms with Crippen LogP contribution in [-0.2, 0) is 14.3 Å². The van der Waals surface area contributed by atoms with E-state index >= 15 is 0 Å². The zero-order valence-electron chi connectivity index (χ0n) is 11.7. The minimum atomic E-state index is -0.803. The Hall–Kier alpha value is -2.50. The molecule has 21 heavy (non-hydrogen) atoms. The summed E-state index contributed by atoms with van der Waals surface area (Å²) >= 11 is 0.